The normalized spacial score (nSPS) is 20.6. The van der Waals surface area contributed by atoms with Gasteiger partial charge >= 0.3 is 0 Å². The number of hydrogen-bond donors (Lipinski definition) is 1. The summed E-state index contributed by atoms with van der Waals surface area (Å²) in [6, 6.07) is 0.720. The van der Waals surface area contributed by atoms with Gasteiger partial charge in [0.25, 0.3) is 0 Å². The molecule has 1 aliphatic heterocycles. The minimum absolute atomic E-state index is 0.720. The predicted molar refractivity (Wildman–Crippen MR) is 75.3 cm³/mol. The maximum Gasteiger partial charge on any atom is 0.0113 e. The first-order valence-electron chi connectivity index (χ1n) is 7.48. The first kappa shape index (κ1) is 14.9. The lowest BCUT2D eigenvalue weighted by atomic mass is 10.1. The summed E-state index contributed by atoms with van der Waals surface area (Å²) < 4.78 is 0. The van der Waals surface area contributed by atoms with E-state index in [2.05, 4.69) is 23.6 Å². The molecule has 0 aromatic rings. The van der Waals surface area contributed by atoms with Crippen molar-refractivity contribution >= 4 is 0 Å². The standard InChI is InChI=1S/C14H31N3/c1-3-5-6-9-16-10-12-17(13-11-16)14(4-2)7-8-15/h14H,3-13,15H2,1-2H3. The van der Waals surface area contributed by atoms with Crippen LogP contribution in [0.1, 0.15) is 46.0 Å². The van der Waals surface area contributed by atoms with Gasteiger partial charge in [0.2, 0.25) is 0 Å². The minimum Gasteiger partial charge on any atom is -0.330 e. The second kappa shape index (κ2) is 8.90. The van der Waals surface area contributed by atoms with Crippen LogP contribution in [0.4, 0.5) is 0 Å². The van der Waals surface area contributed by atoms with Crippen molar-refractivity contribution in [2.45, 2.75) is 52.0 Å². The monoisotopic (exact) mass is 241 g/mol. The molecule has 3 nitrogen and oxygen atoms in total. The van der Waals surface area contributed by atoms with E-state index in [4.69, 9.17) is 5.73 Å². The van der Waals surface area contributed by atoms with Gasteiger partial charge in [0.15, 0.2) is 0 Å². The molecule has 1 rings (SSSR count). The van der Waals surface area contributed by atoms with E-state index in [0.29, 0.717) is 0 Å². The molecule has 0 amide bonds. The zero-order valence-electron chi connectivity index (χ0n) is 11.8. The van der Waals surface area contributed by atoms with Gasteiger partial charge in [-0.2, -0.15) is 0 Å². The molecule has 0 aliphatic carbocycles. The predicted octanol–water partition coefficient (Wildman–Crippen LogP) is 1.92. The minimum atomic E-state index is 0.720. The molecule has 0 saturated carbocycles. The average Bonchev–Trinajstić information content (AvgIpc) is 2.37. The molecule has 1 atom stereocenters. The molecule has 0 bridgehead atoms. The fourth-order valence-corrected chi connectivity index (χ4v) is 2.77. The molecular formula is C14H31N3. The molecule has 17 heavy (non-hydrogen) atoms. The number of unbranched alkanes of at least 4 members (excludes halogenated alkanes) is 2. The van der Waals surface area contributed by atoms with Crippen molar-refractivity contribution in [1.82, 2.24) is 9.80 Å². The number of nitrogens with zero attached hydrogens (tertiary/aromatic N) is 2. The van der Waals surface area contributed by atoms with Gasteiger partial charge < -0.3 is 10.6 Å². The van der Waals surface area contributed by atoms with Crippen LogP contribution in [0.15, 0.2) is 0 Å². The third-order valence-electron chi connectivity index (χ3n) is 3.97. The fraction of sp³-hybridized carbons (Fsp3) is 1.00. The van der Waals surface area contributed by atoms with Crippen LogP contribution in [0.2, 0.25) is 0 Å². The van der Waals surface area contributed by atoms with Crippen LogP contribution in [0, 0.1) is 0 Å². The lowest BCUT2D eigenvalue weighted by Gasteiger charge is -2.39. The van der Waals surface area contributed by atoms with Crippen LogP contribution in [0.5, 0.6) is 0 Å². The molecule has 3 heteroatoms. The van der Waals surface area contributed by atoms with E-state index in [1.54, 1.807) is 0 Å². The first-order chi connectivity index (χ1) is 8.31. The van der Waals surface area contributed by atoms with Gasteiger partial charge in [-0.05, 0) is 32.4 Å². The van der Waals surface area contributed by atoms with E-state index in [1.165, 1.54) is 58.4 Å². The largest absolute Gasteiger partial charge is 0.330 e. The molecular weight excluding hydrogens is 210 g/mol. The van der Waals surface area contributed by atoms with Crippen LogP contribution < -0.4 is 5.73 Å². The topological polar surface area (TPSA) is 32.5 Å². The Balaban J connectivity index is 2.19. The number of piperazine rings is 1. The third-order valence-corrected chi connectivity index (χ3v) is 3.97. The highest BCUT2D eigenvalue weighted by Crippen LogP contribution is 2.12. The number of nitrogens with two attached hydrogens (primary N) is 1. The average molecular weight is 241 g/mol. The number of hydrogen-bond acceptors (Lipinski definition) is 3. The molecule has 1 heterocycles. The maximum absolute atomic E-state index is 5.68. The highest BCUT2D eigenvalue weighted by molar-refractivity contribution is 4.78. The van der Waals surface area contributed by atoms with Gasteiger partial charge in [-0.3, -0.25) is 4.90 Å². The molecule has 102 valence electrons. The Morgan fingerprint density at radius 1 is 1.06 bits per heavy atom. The molecule has 1 aliphatic rings. The summed E-state index contributed by atoms with van der Waals surface area (Å²) in [5.74, 6) is 0. The van der Waals surface area contributed by atoms with Gasteiger partial charge in [0.1, 0.15) is 0 Å². The highest BCUT2D eigenvalue weighted by atomic mass is 15.3. The SMILES string of the molecule is CCCCCN1CCN(C(CC)CCN)CC1. The Hall–Kier alpha value is -0.120. The van der Waals surface area contributed by atoms with Gasteiger partial charge in [0, 0.05) is 32.2 Å². The Morgan fingerprint density at radius 2 is 1.76 bits per heavy atom. The van der Waals surface area contributed by atoms with E-state index >= 15 is 0 Å². The van der Waals surface area contributed by atoms with Crippen molar-refractivity contribution in [3.8, 4) is 0 Å². The Labute approximate surface area is 107 Å². The zero-order valence-corrected chi connectivity index (χ0v) is 11.8. The van der Waals surface area contributed by atoms with E-state index in [-0.39, 0.29) is 0 Å². The van der Waals surface area contributed by atoms with Gasteiger partial charge in [-0.1, -0.05) is 26.7 Å². The summed E-state index contributed by atoms with van der Waals surface area (Å²) in [4.78, 5) is 5.27. The summed E-state index contributed by atoms with van der Waals surface area (Å²) in [5, 5.41) is 0. The summed E-state index contributed by atoms with van der Waals surface area (Å²) >= 11 is 0. The Bertz CT molecular complexity index is 176. The second-order valence-corrected chi connectivity index (χ2v) is 5.22. The van der Waals surface area contributed by atoms with Gasteiger partial charge in [0.05, 0.1) is 0 Å². The van der Waals surface area contributed by atoms with Crippen molar-refractivity contribution in [2.24, 2.45) is 5.73 Å². The maximum atomic E-state index is 5.68. The Kier molecular flexibility index (Phi) is 7.82. The summed E-state index contributed by atoms with van der Waals surface area (Å²) in [7, 11) is 0. The summed E-state index contributed by atoms with van der Waals surface area (Å²) in [6.45, 7) is 11.7. The summed E-state index contributed by atoms with van der Waals surface area (Å²) in [5.41, 5.74) is 5.68. The molecule has 0 radical (unpaired) electrons. The van der Waals surface area contributed by atoms with Crippen molar-refractivity contribution < 1.29 is 0 Å². The third kappa shape index (κ3) is 5.36. The number of rotatable bonds is 8. The zero-order chi connectivity index (χ0) is 12.5. The Morgan fingerprint density at radius 3 is 2.29 bits per heavy atom. The van der Waals surface area contributed by atoms with Gasteiger partial charge in [-0.25, -0.2) is 0 Å². The van der Waals surface area contributed by atoms with Crippen molar-refractivity contribution in [1.29, 1.82) is 0 Å². The molecule has 0 aromatic heterocycles. The van der Waals surface area contributed by atoms with E-state index in [9.17, 15) is 0 Å². The van der Waals surface area contributed by atoms with Crippen molar-refractivity contribution in [3.63, 3.8) is 0 Å². The van der Waals surface area contributed by atoms with Crippen LogP contribution in [0.25, 0.3) is 0 Å². The quantitative estimate of drug-likeness (QED) is 0.659. The molecule has 1 unspecified atom stereocenters. The molecule has 1 saturated heterocycles. The summed E-state index contributed by atoms with van der Waals surface area (Å²) in [6.07, 6.45) is 6.48. The lowest BCUT2D eigenvalue weighted by molar-refractivity contribution is 0.0901. The highest BCUT2D eigenvalue weighted by Gasteiger charge is 2.21. The van der Waals surface area contributed by atoms with Crippen molar-refractivity contribution in [3.05, 3.63) is 0 Å². The second-order valence-electron chi connectivity index (χ2n) is 5.22. The smallest absolute Gasteiger partial charge is 0.0113 e. The van der Waals surface area contributed by atoms with Crippen LogP contribution in [0.3, 0.4) is 0 Å². The van der Waals surface area contributed by atoms with Crippen LogP contribution in [-0.4, -0.2) is 55.1 Å². The fourth-order valence-electron chi connectivity index (χ4n) is 2.77. The molecule has 0 spiro atoms. The van der Waals surface area contributed by atoms with Crippen molar-refractivity contribution in [2.75, 3.05) is 39.3 Å². The lowest BCUT2D eigenvalue weighted by Crippen LogP contribution is -2.50. The van der Waals surface area contributed by atoms with Crippen LogP contribution in [-0.2, 0) is 0 Å². The van der Waals surface area contributed by atoms with E-state index < -0.39 is 0 Å². The van der Waals surface area contributed by atoms with E-state index in [0.717, 1.165) is 19.0 Å². The molecule has 2 N–H and O–H groups in total. The molecule has 0 aromatic carbocycles. The van der Waals surface area contributed by atoms with Crippen LogP contribution >= 0.6 is 0 Å². The first-order valence-corrected chi connectivity index (χ1v) is 7.48. The molecule has 1 fully saturated rings. The van der Waals surface area contributed by atoms with E-state index in [1.807, 2.05) is 0 Å². The van der Waals surface area contributed by atoms with Gasteiger partial charge in [-0.15, -0.1) is 0 Å².